The summed E-state index contributed by atoms with van der Waals surface area (Å²) in [5.74, 6) is 1.04. The number of aromatic nitrogens is 2. The van der Waals surface area contributed by atoms with Crippen LogP contribution in [0.1, 0.15) is 34.9 Å². The molecule has 4 heterocycles. The molecule has 2 aliphatic heterocycles. The van der Waals surface area contributed by atoms with E-state index in [-0.39, 0.29) is 35.1 Å². The van der Waals surface area contributed by atoms with Crippen LogP contribution in [0.4, 0.5) is 15.0 Å². The van der Waals surface area contributed by atoms with Crippen molar-refractivity contribution in [3.8, 4) is 11.5 Å². The second-order valence-corrected chi connectivity index (χ2v) is 10.2. The number of methoxy groups -OCH3 is 1. The van der Waals surface area contributed by atoms with E-state index in [1.54, 1.807) is 31.5 Å². The van der Waals surface area contributed by atoms with Crippen molar-refractivity contribution in [1.29, 1.82) is 0 Å². The first kappa shape index (κ1) is 28.1. The van der Waals surface area contributed by atoms with Gasteiger partial charge in [-0.15, -0.1) is 10.2 Å². The molecule has 2 aromatic heterocycles. The first-order valence-electron chi connectivity index (χ1n) is 13.7. The number of carbonyl (C=O) groups excluding carboxylic acids is 2. The van der Waals surface area contributed by atoms with Crippen LogP contribution in [0.2, 0.25) is 0 Å². The third-order valence-electron chi connectivity index (χ3n) is 7.45. The predicted molar refractivity (Wildman–Crippen MR) is 154 cm³/mol. The molecule has 0 saturated carbocycles. The third-order valence-corrected chi connectivity index (χ3v) is 7.45. The second kappa shape index (κ2) is 12.4. The fourth-order valence-electron chi connectivity index (χ4n) is 5.45. The van der Waals surface area contributed by atoms with Crippen molar-refractivity contribution in [2.45, 2.75) is 18.9 Å². The van der Waals surface area contributed by atoms with Gasteiger partial charge < -0.3 is 14.1 Å². The van der Waals surface area contributed by atoms with Gasteiger partial charge in [0.2, 0.25) is 5.89 Å². The van der Waals surface area contributed by atoms with Crippen molar-refractivity contribution in [3.05, 3.63) is 78.1 Å². The number of halogens is 1. The number of hydrogen-bond acceptors (Lipinski definition) is 11. The minimum absolute atomic E-state index is 0.0181. The average Bonchev–Trinajstić information content (AvgIpc) is 3.69. The zero-order chi connectivity index (χ0) is 29.8. The summed E-state index contributed by atoms with van der Waals surface area (Å²) in [6.07, 6.45) is 1.86. The third kappa shape index (κ3) is 6.10. The van der Waals surface area contributed by atoms with E-state index >= 15 is 0 Å². The van der Waals surface area contributed by atoms with Gasteiger partial charge in [0.05, 0.1) is 6.04 Å². The maximum absolute atomic E-state index is 13.5. The fraction of sp³-hybridized carbons (Fsp3) is 0.276. The molecule has 0 aliphatic carbocycles. The van der Waals surface area contributed by atoms with Crippen LogP contribution in [0.5, 0.6) is 0 Å². The van der Waals surface area contributed by atoms with E-state index in [0.29, 0.717) is 42.2 Å². The Morgan fingerprint density at radius 1 is 1.14 bits per heavy atom. The van der Waals surface area contributed by atoms with Gasteiger partial charge >= 0.3 is 6.09 Å². The summed E-state index contributed by atoms with van der Waals surface area (Å²) in [7, 11) is 1.62. The van der Waals surface area contributed by atoms with Crippen LogP contribution in [0.3, 0.4) is 0 Å². The molecule has 6 rings (SSSR count). The van der Waals surface area contributed by atoms with Crippen molar-refractivity contribution in [3.63, 3.8) is 0 Å². The molecule has 4 aromatic rings. The van der Waals surface area contributed by atoms with E-state index in [1.165, 1.54) is 12.1 Å². The number of benzene rings is 2. The molecule has 1 fully saturated rings. The lowest BCUT2D eigenvalue weighted by atomic mass is 9.85. The van der Waals surface area contributed by atoms with E-state index in [0.717, 1.165) is 18.4 Å². The van der Waals surface area contributed by atoms with E-state index in [2.05, 4.69) is 48.4 Å². The lowest BCUT2D eigenvalue weighted by molar-refractivity contribution is -0.0544. The van der Waals surface area contributed by atoms with Crippen molar-refractivity contribution < 1.29 is 28.2 Å². The van der Waals surface area contributed by atoms with E-state index in [1.807, 2.05) is 28.2 Å². The lowest BCUT2D eigenvalue weighted by Gasteiger charge is -2.39. The number of hydrazine groups is 2. The Labute approximate surface area is 245 Å². The number of anilines is 1. The number of amidine groups is 1. The van der Waals surface area contributed by atoms with Crippen molar-refractivity contribution >= 4 is 34.6 Å². The number of piperidine rings is 1. The molecular formula is C29H29FN8O5. The van der Waals surface area contributed by atoms with Gasteiger partial charge in [-0.25, -0.2) is 20.3 Å². The zero-order valence-electron chi connectivity index (χ0n) is 23.2. The summed E-state index contributed by atoms with van der Waals surface area (Å²) in [6.45, 7) is 1.50. The van der Waals surface area contributed by atoms with Crippen molar-refractivity contribution in [2.75, 3.05) is 32.1 Å². The minimum Gasteiger partial charge on any atom is -0.436 e. The molecule has 0 bridgehead atoms. The number of likely N-dealkylation sites (tertiary alicyclic amines) is 1. The number of oxazole rings is 1. The number of hydrogen-bond donors (Lipinski definition) is 3. The minimum atomic E-state index is -1.24. The number of hydrazone groups is 1. The van der Waals surface area contributed by atoms with Crippen LogP contribution >= 0.6 is 0 Å². The average molecular weight is 589 g/mol. The molecule has 3 N–H and O–H groups in total. The molecule has 222 valence electrons. The standard InChI is InChI=1S/C29H29FN8O5/c1-41-17-25-34-36-38(35-25)26(18-5-3-2-4-6-18)19-10-13-37(14-11-19)28(39)23-15-20(9-12-31-23)27-33-22-16-21(32-29(40)43-30)7-8-24(22)42-27/h2-9,12,15-16,19,26,36H,10-11,13-14,17H2,1H3,(H,32,40)(H,34,35)/t26-/m1/s1. The fourth-order valence-corrected chi connectivity index (χ4v) is 5.45. The van der Waals surface area contributed by atoms with E-state index in [4.69, 9.17) is 9.15 Å². The Bertz CT molecular complexity index is 1640. The molecule has 14 heteroatoms. The normalized spacial score (nSPS) is 16.3. The maximum atomic E-state index is 13.5. The summed E-state index contributed by atoms with van der Waals surface area (Å²) in [4.78, 5) is 38.4. The summed E-state index contributed by atoms with van der Waals surface area (Å²) in [6, 6.07) is 18.2. The number of pyridine rings is 1. The molecule has 0 radical (unpaired) electrons. The molecule has 0 unspecified atom stereocenters. The number of nitrogens with one attached hydrogen (secondary N) is 3. The highest BCUT2D eigenvalue weighted by molar-refractivity contribution is 5.93. The van der Waals surface area contributed by atoms with E-state index < -0.39 is 6.09 Å². The quantitative estimate of drug-likeness (QED) is 0.274. The van der Waals surface area contributed by atoms with Crippen LogP contribution in [0, 0.1) is 5.92 Å². The van der Waals surface area contributed by atoms with Gasteiger partial charge in [-0.3, -0.25) is 20.5 Å². The van der Waals surface area contributed by atoms with Crippen LogP contribution in [-0.4, -0.2) is 64.6 Å². The SMILES string of the molecule is COCC1=NNN([C@H](c2ccccc2)C2CCN(C(=O)c3cc(-c4nc5cc(NC(=O)OF)ccc5o4)ccn3)CC2)N1. The zero-order valence-corrected chi connectivity index (χ0v) is 23.2. The summed E-state index contributed by atoms with van der Waals surface area (Å²) < 4.78 is 23.1. The monoisotopic (exact) mass is 588 g/mol. The Kier molecular flexibility index (Phi) is 8.11. The summed E-state index contributed by atoms with van der Waals surface area (Å²) >= 11 is 0. The highest BCUT2D eigenvalue weighted by Crippen LogP contribution is 2.35. The largest absolute Gasteiger partial charge is 0.449 e. The highest BCUT2D eigenvalue weighted by Gasteiger charge is 2.36. The van der Waals surface area contributed by atoms with Crippen LogP contribution < -0.4 is 16.3 Å². The molecule has 1 atom stereocenters. The molecule has 43 heavy (non-hydrogen) atoms. The van der Waals surface area contributed by atoms with Gasteiger partial charge in [0, 0.05) is 42.2 Å². The van der Waals surface area contributed by atoms with Gasteiger partial charge in [-0.05, 0) is 54.7 Å². The molecule has 0 spiro atoms. The molecule has 2 aromatic carbocycles. The lowest BCUT2D eigenvalue weighted by Crippen LogP contribution is -2.49. The Hall–Kier alpha value is -5.08. The first-order valence-corrected chi connectivity index (χ1v) is 13.7. The van der Waals surface area contributed by atoms with Gasteiger partial charge in [-0.1, -0.05) is 30.3 Å². The van der Waals surface area contributed by atoms with Crippen LogP contribution in [0.25, 0.3) is 22.6 Å². The second-order valence-electron chi connectivity index (χ2n) is 10.2. The van der Waals surface area contributed by atoms with Crippen molar-refractivity contribution in [2.24, 2.45) is 11.0 Å². The van der Waals surface area contributed by atoms with Crippen LogP contribution in [0.15, 0.2) is 76.4 Å². The van der Waals surface area contributed by atoms with Gasteiger partial charge in [0.1, 0.15) is 17.8 Å². The Morgan fingerprint density at radius 3 is 2.72 bits per heavy atom. The number of fused-ring (bicyclic) bond motifs is 1. The van der Waals surface area contributed by atoms with Crippen LogP contribution in [-0.2, 0) is 9.68 Å². The van der Waals surface area contributed by atoms with Gasteiger partial charge in [-0.2, -0.15) is 0 Å². The molecule has 2 amide bonds. The van der Waals surface area contributed by atoms with Crippen molar-refractivity contribution in [1.82, 2.24) is 30.9 Å². The van der Waals surface area contributed by atoms with Gasteiger partial charge in [0.25, 0.3) is 5.91 Å². The number of amides is 2. The Morgan fingerprint density at radius 2 is 1.95 bits per heavy atom. The smallest absolute Gasteiger partial charge is 0.436 e. The number of rotatable bonds is 8. The maximum Gasteiger partial charge on any atom is 0.449 e. The summed E-state index contributed by atoms with van der Waals surface area (Å²) in [5.41, 5.74) is 9.55. The number of ether oxygens (including phenoxy) is 1. The number of carbonyl (C=O) groups is 2. The number of nitrogens with zero attached hydrogens (tertiary/aromatic N) is 5. The van der Waals surface area contributed by atoms with Gasteiger partial charge in [0.15, 0.2) is 11.4 Å². The van der Waals surface area contributed by atoms with E-state index in [9.17, 15) is 14.1 Å². The topological polar surface area (TPSA) is 146 Å². The summed E-state index contributed by atoms with van der Waals surface area (Å²) in [5, 5.41) is 8.48. The molecule has 1 saturated heterocycles. The predicted octanol–water partition coefficient (Wildman–Crippen LogP) is 4.20. The molecule has 13 nitrogen and oxygen atoms in total. The Balaban J connectivity index is 1.14. The molecular weight excluding hydrogens is 559 g/mol. The first-order chi connectivity index (χ1) is 21.0. The highest BCUT2D eigenvalue weighted by atomic mass is 19.3. The molecule has 2 aliphatic rings.